The van der Waals surface area contributed by atoms with Gasteiger partial charge in [-0.2, -0.15) is 0 Å². The van der Waals surface area contributed by atoms with Gasteiger partial charge in [0.05, 0.1) is 19.9 Å². The lowest BCUT2D eigenvalue weighted by Gasteiger charge is -2.10. The molecule has 0 atom stereocenters. The standard InChI is InChI=1S/C21H21FN2O5/c1-26-17-8-5-14(12-19(17)28-11-9-22)21-24-15(13-29-21)6-7-16(25)20-18(27-2)4-3-10-23-20/h3-5,8,10,12-13H,6-7,9,11H2,1-2H3. The SMILES string of the molecule is COc1ccc(-c2nc(CCC(=O)c3ncccc3OC)co2)cc1OCCF. The highest BCUT2D eigenvalue weighted by Gasteiger charge is 2.16. The Bertz CT molecular complexity index is 973. The molecule has 0 N–H and O–H groups in total. The van der Waals surface area contributed by atoms with Gasteiger partial charge in [-0.1, -0.05) is 0 Å². The van der Waals surface area contributed by atoms with E-state index in [1.165, 1.54) is 20.5 Å². The van der Waals surface area contributed by atoms with E-state index in [1.54, 1.807) is 36.5 Å². The van der Waals surface area contributed by atoms with Crippen LogP contribution in [0.2, 0.25) is 0 Å². The van der Waals surface area contributed by atoms with Crippen LogP contribution in [-0.4, -0.2) is 43.3 Å². The number of pyridine rings is 1. The van der Waals surface area contributed by atoms with Gasteiger partial charge in [0.2, 0.25) is 5.89 Å². The van der Waals surface area contributed by atoms with E-state index >= 15 is 0 Å². The third kappa shape index (κ3) is 4.90. The van der Waals surface area contributed by atoms with Crippen LogP contribution in [0.5, 0.6) is 17.2 Å². The predicted octanol–water partition coefficient (Wildman–Crippen LogP) is 3.92. The number of rotatable bonds is 10. The molecule has 29 heavy (non-hydrogen) atoms. The van der Waals surface area contributed by atoms with Crippen molar-refractivity contribution in [1.29, 1.82) is 0 Å². The van der Waals surface area contributed by atoms with Crippen LogP contribution in [0.25, 0.3) is 11.5 Å². The average Bonchev–Trinajstić information content (AvgIpc) is 3.24. The fourth-order valence-corrected chi connectivity index (χ4v) is 2.75. The first kappa shape index (κ1) is 20.3. The molecule has 0 saturated carbocycles. The molecule has 0 radical (unpaired) electrons. The van der Waals surface area contributed by atoms with E-state index in [0.29, 0.717) is 46.5 Å². The van der Waals surface area contributed by atoms with Gasteiger partial charge in [-0.25, -0.2) is 14.4 Å². The highest BCUT2D eigenvalue weighted by atomic mass is 19.1. The summed E-state index contributed by atoms with van der Waals surface area (Å²) in [5.74, 6) is 1.56. The average molecular weight is 400 g/mol. The first-order chi connectivity index (χ1) is 14.2. The Morgan fingerprint density at radius 1 is 1.14 bits per heavy atom. The summed E-state index contributed by atoms with van der Waals surface area (Å²) in [6.45, 7) is -0.679. The first-order valence-corrected chi connectivity index (χ1v) is 9.00. The maximum absolute atomic E-state index is 12.4. The zero-order valence-electron chi connectivity index (χ0n) is 16.2. The molecule has 0 aliphatic rings. The van der Waals surface area contributed by atoms with Crippen molar-refractivity contribution < 1.29 is 27.8 Å². The van der Waals surface area contributed by atoms with E-state index in [9.17, 15) is 9.18 Å². The summed E-state index contributed by atoms with van der Waals surface area (Å²) in [7, 11) is 3.01. The molecule has 0 saturated heterocycles. The van der Waals surface area contributed by atoms with E-state index in [0.717, 1.165) is 0 Å². The summed E-state index contributed by atoms with van der Waals surface area (Å²) >= 11 is 0. The smallest absolute Gasteiger partial charge is 0.226 e. The molecule has 0 unspecified atom stereocenters. The van der Waals surface area contributed by atoms with Crippen molar-refractivity contribution in [3.05, 3.63) is 54.2 Å². The number of aryl methyl sites for hydroxylation is 1. The van der Waals surface area contributed by atoms with Gasteiger partial charge in [0.1, 0.15) is 31.0 Å². The molecule has 0 aliphatic heterocycles. The van der Waals surface area contributed by atoms with Crippen LogP contribution in [0.15, 0.2) is 47.2 Å². The number of ketones is 1. The van der Waals surface area contributed by atoms with Crippen LogP contribution in [0.4, 0.5) is 4.39 Å². The number of nitrogens with zero attached hydrogens (tertiary/aromatic N) is 2. The topological polar surface area (TPSA) is 83.7 Å². The van der Waals surface area contributed by atoms with Crippen LogP contribution in [0, 0.1) is 0 Å². The van der Waals surface area contributed by atoms with Crippen molar-refractivity contribution in [2.75, 3.05) is 27.5 Å². The van der Waals surface area contributed by atoms with Crippen LogP contribution in [-0.2, 0) is 6.42 Å². The lowest BCUT2D eigenvalue weighted by atomic mass is 10.1. The monoisotopic (exact) mass is 400 g/mol. The number of halogens is 1. The number of aromatic nitrogens is 2. The maximum atomic E-state index is 12.4. The van der Waals surface area contributed by atoms with Crippen molar-refractivity contribution in [1.82, 2.24) is 9.97 Å². The largest absolute Gasteiger partial charge is 0.494 e. The Morgan fingerprint density at radius 3 is 2.72 bits per heavy atom. The second kappa shape index (κ2) is 9.68. The quantitative estimate of drug-likeness (QED) is 0.477. The molecule has 0 spiro atoms. The second-order valence-electron chi connectivity index (χ2n) is 6.02. The molecule has 152 valence electrons. The van der Waals surface area contributed by atoms with E-state index in [4.69, 9.17) is 18.6 Å². The van der Waals surface area contributed by atoms with E-state index in [2.05, 4.69) is 9.97 Å². The minimum absolute atomic E-state index is 0.0737. The second-order valence-corrected chi connectivity index (χ2v) is 6.02. The van der Waals surface area contributed by atoms with Gasteiger partial charge in [-0.05, 0) is 30.3 Å². The number of alkyl halides is 1. The van der Waals surface area contributed by atoms with Crippen molar-refractivity contribution in [2.45, 2.75) is 12.8 Å². The van der Waals surface area contributed by atoms with Gasteiger partial charge in [0.15, 0.2) is 17.3 Å². The van der Waals surface area contributed by atoms with Crippen LogP contribution < -0.4 is 14.2 Å². The third-order valence-corrected chi connectivity index (χ3v) is 4.16. The molecule has 0 bridgehead atoms. The summed E-state index contributed by atoms with van der Waals surface area (Å²) in [4.78, 5) is 20.9. The number of carbonyl (C=O) groups excluding carboxylic acids is 1. The summed E-state index contributed by atoms with van der Waals surface area (Å²) in [5.41, 5.74) is 1.58. The van der Waals surface area contributed by atoms with Gasteiger partial charge >= 0.3 is 0 Å². The van der Waals surface area contributed by atoms with Crippen molar-refractivity contribution in [3.8, 4) is 28.7 Å². The molecule has 2 aromatic heterocycles. The Kier molecular flexibility index (Phi) is 6.78. The van der Waals surface area contributed by atoms with E-state index < -0.39 is 6.67 Å². The highest BCUT2D eigenvalue weighted by Crippen LogP contribution is 2.32. The molecule has 7 nitrogen and oxygen atoms in total. The van der Waals surface area contributed by atoms with E-state index in [1.807, 2.05) is 0 Å². The Balaban J connectivity index is 1.70. The Hall–Kier alpha value is -3.42. The summed E-state index contributed by atoms with van der Waals surface area (Å²) in [6, 6.07) is 8.54. The number of carbonyl (C=O) groups is 1. The fraction of sp³-hybridized carbons (Fsp3) is 0.286. The molecule has 0 fully saturated rings. The van der Waals surface area contributed by atoms with Crippen LogP contribution >= 0.6 is 0 Å². The number of oxazole rings is 1. The van der Waals surface area contributed by atoms with Gasteiger partial charge in [0, 0.05) is 24.6 Å². The van der Waals surface area contributed by atoms with Crippen molar-refractivity contribution in [3.63, 3.8) is 0 Å². The molecule has 0 amide bonds. The molecule has 2 heterocycles. The molecule has 3 aromatic rings. The van der Waals surface area contributed by atoms with Crippen LogP contribution in [0.1, 0.15) is 22.6 Å². The summed E-state index contributed by atoms with van der Waals surface area (Å²) in [6.07, 6.45) is 3.66. The zero-order chi connectivity index (χ0) is 20.6. The minimum atomic E-state index is -0.606. The summed E-state index contributed by atoms with van der Waals surface area (Å²) in [5, 5.41) is 0. The van der Waals surface area contributed by atoms with Gasteiger partial charge in [-0.15, -0.1) is 0 Å². The number of benzene rings is 1. The van der Waals surface area contributed by atoms with Crippen molar-refractivity contribution in [2.24, 2.45) is 0 Å². The lowest BCUT2D eigenvalue weighted by molar-refractivity contribution is 0.0974. The maximum Gasteiger partial charge on any atom is 0.226 e. The number of hydrogen-bond donors (Lipinski definition) is 0. The number of Topliss-reactive ketones (excluding diaryl/α,β-unsaturated/α-hetero) is 1. The normalized spacial score (nSPS) is 10.6. The highest BCUT2D eigenvalue weighted by molar-refractivity contribution is 5.96. The fourth-order valence-electron chi connectivity index (χ4n) is 2.75. The summed E-state index contributed by atoms with van der Waals surface area (Å²) < 4.78 is 33.7. The van der Waals surface area contributed by atoms with E-state index in [-0.39, 0.29) is 18.8 Å². The molecular formula is C21H21FN2O5. The van der Waals surface area contributed by atoms with Gasteiger partial charge < -0.3 is 18.6 Å². The predicted molar refractivity (Wildman–Crippen MR) is 103 cm³/mol. The molecule has 1 aromatic carbocycles. The number of ether oxygens (including phenoxy) is 3. The van der Waals surface area contributed by atoms with Gasteiger partial charge in [-0.3, -0.25) is 4.79 Å². The number of hydrogen-bond acceptors (Lipinski definition) is 7. The molecular weight excluding hydrogens is 379 g/mol. The molecule has 0 aliphatic carbocycles. The Morgan fingerprint density at radius 2 is 1.97 bits per heavy atom. The third-order valence-electron chi connectivity index (χ3n) is 4.16. The van der Waals surface area contributed by atoms with Gasteiger partial charge in [0.25, 0.3) is 0 Å². The first-order valence-electron chi connectivity index (χ1n) is 9.00. The zero-order valence-corrected chi connectivity index (χ0v) is 16.2. The number of methoxy groups -OCH3 is 2. The van der Waals surface area contributed by atoms with Crippen LogP contribution in [0.3, 0.4) is 0 Å². The molecule has 3 rings (SSSR count). The Labute approximate surface area is 167 Å². The molecule has 8 heteroatoms. The minimum Gasteiger partial charge on any atom is -0.494 e. The van der Waals surface area contributed by atoms with Crippen molar-refractivity contribution >= 4 is 5.78 Å². The lowest BCUT2D eigenvalue weighted by Crippen LogP contribution is -2.06.